The monoisotopic (exact) mass is 296 g/mol. The molecule has 2 aromatic carbocycles. The minimum atomic E-state index is -1.60. The van der Waals surface area contributed by atoms with E-state index in [0.29, 0.717) is 17.8 Å². The molecule has 7 heteroatoms. The minimum Gasteiger partial charge on any atom is -0.496 e. The van der Waals surface area contributed by atoms with Crippen LogP contribution < -0.4 is 15.8 Å². The van der Waals surface area contributed by atoms with Crippen molar-refractivity contribution in [3.05, 3.63) is 53.3 Å². The van der Waals surface area contributed by atoms with Gasteiger partial charge in [0.25, 0.3) is 5.91 Å². The van der Waals surface area contributed by atoms with Gasteiger partial charge in [0.15, 0.2) is 17.5 Å². The first kappa shape index (κ1) is 14.7. The zero-order valence-corrected chi connectivity index (χ0v) is 10.9. The van der Waals surface area contributed by atoms with Crippen LogP contribution in [-0.4, -0.2) is 13.0 Å². The number of amides is 1. The highest BCUT2D eigenvalue weighted by atomic mass is 19.2. The molecule has 0 aliphatic heterocycles. The van der Waals surface area contributed by atoms with Crippen LogP contribution in [0.5, 0.6) is 5.75 Å². The zero-order chi connectivity index (χ0) is 15.6. The Balaban J connectivity index is 2.30. The number of anilines is 2. The van der Waals surface area contributed by atoms with Crippen LogP contribution in [0, 0.1) is 17.5 Å². The predicted octanol–water partition coefficient (Wildman–Crippen LogP) is 2.95. The molecule has 0 saturated carbocycles. The Kier molecular flexibility index (Phi) is 4.02. The highest BCUT2D eigenvalue weighted by Gasteiger charge is 2.15. The fourth-order valence-electron chi connectivity index (χ4n) is 1.72. The largest absolute Gasteiger partial charge is 0.496 e. The molecule has 21 heavy (non-hydrogen) atoms. The van der Waals surface area contributed by atoms with Crippen molar-refractivity contribution in [3.8, 4) is 5.75 Å². The third-order valence-electron chi connectivity index (χ3n) is 2.71. The maximum Gasteiger partial charge on any atom is 0.259 e. The summed E-state index contributed by atoms with van der Waals surface area (Å²) in [5.41, 5.74) is 5.86. The number of ether oxygens (including phenoxy) is 1. The summed E-state index contributed by atoms with van der Waals surface area (Å²) in [6, 6.07) is 5.67. The number of benzene rings is 2. The minimum absolute atomic E-state index is 0.122. The maximum absolute atomic E-state index is 13.1. The second-order valence-electron chi connectivity index (χ2n) is 4.17. The van der Waals surface area contributed by atoms with Crippen LogP contribution in [0.3, 0.4) is 0 Å². The van der Waals surface area contributed by atoms with Crippen molar-refractivity contribution in [2.24, 2.45) is 0 Å². The van der Waals surface area contributed by atoms with Gasteiger partial charge in [-0.25, -0.2) is 13.2 Å². The highest BCUT2D eigenvalue weighted by molar-refractivity contribution is 6.06. The summed E-state index contributed by atoms with van der Waals surface area (Å²) in [5, 5.41) is 2.25. The van der Waals surface area contributed by atoms with E-state index >= 15 is 0 Å². The molecule has 0 bridgehead atoms. The normalized spacial score (nSPS) is 10.3. The third-order valence-corrected chi connectivity index (χ3v) is 2.71. The number of hydrogen-bond donors (Lipinski definition) is 2. The average molecular weight is 296 g/mol. The molecular formula is C14H11F3N2O2. The molecule has 1 amide bonds. The lowest BCUT2D eigenvalue weighted by Gasteiger charge is -2.10. The number of nitrogens with one attached hydrogen (secondary N) is 1. The van der Waals surface area contributed by atoms with Crippen molar-refractivity contribution in [2.75, 3.05) is 18.2 Å². The number of rotatable bonds is 3. The second-order valence-corrected chi connectivity index (χ2v) is 4.17. The molecule has 0 spiro atoms. The van der Waals surface area contributed by atoms with Crippen LogP contribution >= 0.6 is 0 Å². The summed E-state index contributed by atoms with van der Waals surface area (Å²) in [5.74, 6) is -4.85. The summed E-state index contributed by atoms with van der Waals surface area (Å²) < 4.78 is 44.0. The third kappa shape index (κ3) is 3.07. The summed E-state index contributed by atoms with van der Waals surface area (Å²) in [6.07, 6.45) is 0. The molecule has 0 radical (unpaired) electrons. The number of hydrogen-bond acceptors (Lipinski definition) is 3. The van der Waals surface area contributed by atoms with Crippen molar-refractivity contribution in [2.45, 2.75) is 0 Å². The first-order chi connectivity index (χ1) is 9.92. The van der Waals surface area contributed by atoms with Crippen molar-refractivity contribution in [1.29, 1.82) is 0 Å². The summed E-state index contributed by atoms with van der Waals surface area (Å²) in [4.78, 5) is 12.0. The Bertz CT molecular complexity index is 682. The zero-order valence-electron chi connectivity index (χ0n) is 10.9. The van der Waals surface area contributed by atoms with Gasteiger partial charge >= 0.3 is 0 Å². The Labute approximate surface area is 118 Å². The van der Waals surface area contributed by atoms with Gasteiger partial charge in [0.2, 0.25) is 0 Å². The van der Waals surface area contributed by atoms with Crippen LogP contribution in [0.25, 0.3) is 0 Å². The van der Waals surface area contributed by atoms with Gasteiger partial charge in [0.1, 0.15) is 5.75 Å². The highest BCUT2D eigenvalue weighted by Crippen LogP contribution is 2.23. The van der Waals surface area contributed by atoms with E-state index in [1.165, 1.54) is 25.3 Å². The number of nitrogen functional groups attached to an aromatic ring is 1. The van der Waals surface area contributed by atoms with Crippen molar-refractivity contribution in [1.82, 2.24) is 0 Å². The van der Waals surface area contributed by atoms with Gasteiger partial charge in [-0.05, 0) is 12.1 Å². The van der Waals surface area contributed by atoms with Gasteiger partial charge in [0.05, 0.1) is 12.7 Å². The summed E-state index contributed by atoms with van der Waals surface area (Å²) in [6.45, 7) is 0. The molecule has 0 aliphatic rings. The lowest BCUT2D eigenvalue weighted by molar-refractivity contribution is 0.102. The first-order valence-electron chi connectivity index (χ1n) is 5.81. The molecule has 0 atom stereocenters. The van der Waals surface area contributed by atoms with Crippen LogP contribution in [0.1, 0.15) is 10.4 Å². The molecule has 0 heterocycles. The number of carbonyl (C=O) groups is 1. The quantitative estimate of drug-likeness (QED) is 0.676. The fraction of sp³-hybridized carbons (Fsp3) is 0.0714. The molecule has 0 saturated heterocycles. The standard InChI is InChI=1S/C14H11F3N2O2/c1-21-12-4-7(18)2-3-9(12)14(20)19-8-5-10(15)13(17)11(16)6-8/h2-6H,18H2,1H3,(H,19,20). The van der Waals surface area contributed by atoms with Gasteiger partial charge in [-0.3, -0.25) is 4.79 Å². The van der Waals surface area contributed by atoms with E-state index in [4.69, 9.17) is 10.5 Å². The van der Waals surface area contributed by atoms with Gasteiger partial charge in [-0.1, -0.05) is 0 Å². The van der Waals surface area contributed by atoms with Gasteiger partial charge in [-0.15, -0.1) is 0 Å². The number of nitrogens with two attached hydrogens (primary N) is 1. The number of methoxy groups -OCH3 is 1. The van der Waals surface area contributed by atoms with E-state index in [9.17, 15) is 18.0 Å². The van der Waals surface area contributed by atoms with Gasteiger partial charge < -0.3 is 15.8 Å². The van der Waals surface area contributed by atoms with Crippen molar-refractivity contribution < 1.29 is 22.7 Å². The van der Waals surface area contributed by atoms with E-state index in [1.807, 2.05) is 0 Å². The van der Waals surface area contributed by atoms with Crippen molar-refractivity contribution in [3.63, 3.8) is 0 Å². The smallest absolute Gasteiger partial charge is 0.259 e. The molecule has 4 nitrogen and oxygen atoms in total. The van der Waals surface area contributed by atoms with Crippen LogP contribution in [0.4, 0.5) is 24.5 Å². The second kappa shape index (κ2) is 5.74. The number of carbonyl (C=O) groups excluding carboxylic acids is 1. The molecule has 0 aromatic heterocycles. The molecule has 0 unspecified atom stereocenters. The van der Waals surface area contributed by atoms with Gasteiger partial charge in [0, 0.05) is 29.6 Å². The van der Waals surface area contributed by atoms with Crippen LogP contribution in [0.15, 0.2) is 30.3 Å². The molecule has 0 aliphatic carbocycles. The Morgan fingerprint density at radius 3 is 2.33 bits per heavy atom. The van der Waals surface area contributed by atoms with E-state index in [2.05, 4.69) is 5.32 Å². The van der Waals surface area contributed by atoms with Crippen molar-refractivity contribution >= 4 is 17.3 Å². The Morgan fingerprint density at radius 1 is 1.14 bits per heavy atom. The molecule has 3 N–H and O–H groups in total. The Morgan fingerprint density at radius 2 is 1.76 bits per heavy atom. The molecular weight excluding hydrogens is 285 g/mol. The first-order valence-corrected chi connectivity index (χ1v) is 5.81. The van der Waals surface area contributed by atoms with E-state index in [1.54, 1.807) is 0 Å². The van der Waals surface area contributed by atoms with E-state index in [-0.39, 0.29) is 17.0 Å². The fourth-order valence-corrected chi connectivity index (χ4v) is 1.72. The van der Waals surface area contributed by atoms with Crippen LogP contribution in [-0.2, 0) is 0 Å². The van der Waals surface area contributed by atoms with E-state index < -0.39 is 23.4 Å². The maximum atomic E-state index is 13.1. The summed E-state index contributed by atoms with van der Waals surface area (Å²) >= 11 is 0. The summed E-state index contributed by atoms with van der Waals surface area (Å²) in [7, 11) is 1.35. The SMILES string of the molecule is COc1cc(N)ccc1C(=O)Nc1cc(F)c(F)c(F)c1. The molecule has 110 valence electrons. The average Bonchev–Trinajstić information content (AvgIpc) is 2.44. The molecule has 0 fully saturated rings. The van der Waals surface area contributed by atoms with E-state index in [0.717, 1.165) is 0 Å². The lowest BCUT2D eigenvalue weighted by atomic mass is 10.1. The molecule has 2 rings (SSSR count). The van der Waals surface area contributed by atoms with Gasteiger partial charge in [-0.2, -0.15) is 0 Å². The lowest BCUT2D eigenvalue weighted by Crippen LogP contribution is -2.14. The topological polar surface area (TPSA) is 64.3 Å². The van der Waals surface area contributed by atoms with Crippen LogP contribution in [0.2, 0.25) is 0 Å². The molecule has 2 aromatic rings. The number of halogens is 3. The Hall–Kier alpha value is -2.70. The predicted molar refractivity (Wildman–Crippen MR) is 71.7 cm³/mol.